The van der Waals surface area contributed by atoms with Gasteiger partial charge in [-0.25, -0.2) is 13.2 Å². The molecular weight excluding hydrogens is 539 g/mol. The van der Waals surface area contributed by atoms with Crippen molar-refractivity contribution in [2.75, 3.05) is 12.3 Å². The van der Waals surface area contributed by atoms with Crippen LogP contribution < -0.4 is 10.5 Å². The van der Waals surface area contributed by atoms with Crippen LogP contribution in [0.2, 0.25) is 0 Å². The number of aliphatic hydroxyl groups excluding tert-OH is 1. The van der Waals surface area contributed by atoms with Crippen molar-refractivity contribution in [1.82, 2.24) is 0 Å². The summed E-state index contributed by atoms with van der Waals surface area (Å²) in [6.45, 7) is 4.73. The molecule has 3 saturated carbocycles. The van der Waals surface area contributed by atoms with E-state index in [4.69, 9.17) is 19.9 Å². The molecule has 4 aliphatic carbocycles. The standard InChI is InChI=1S/C31H36F3NO6/c1-4-5-26-40-22-13-30(25(38)15-39-17-6-7-21(35)20(33)11-17)23-12-19(32)18-10-16(36)8-9-28(18,2)31(23,34)24(37)14-29(30,3)27(22)41-26/h6-11,19,22-24,26-27,37H,4-5,12-15,35H2,1-3H3. The van der Waals surface area contributed by atoms with Crippen molar-refractivity contribution in [3.8, 4) is 5.75 Å². The molecule has 0 spiro atoms. The SMILES string of the molecule is CCCC1OC2CC3(C(=O)COc4ccc(N)c(F)c4)C4CC(F)C5=CC(=O)C=CC5(C)C4(F)C(O)CC3(C)C2O1. The summed E-state index contributed by atoms with van der Waals surface area (Å²) in [6, 6.07) is 3.81. The number of carbonyl (C=O) groups is 2. The van der Waals surface area contributed by atoms with Crippen LogP contribution in [0.15, 0.2) is 42.0 Å². The zero-order chi connectivity index (χ0) is 29.5. The van der Waals surface area contributed by atoms with Crippen molar-refractivity contribution in [3.63, 3.8) is 0 Å². The molecule has 1 saturated heterocycles. The Bertz CT molecular complexity index is 1350. The summed E-state index contributed by atoms with van der Waals surface area (Å²) < 4.78 is 66.3. The highest BCUT2D eigenvalue weighted by Crippen LogP contribution is 2.74. The molecule has 4 fully saturated rings. The molecule has 3 N–H and O–H groups in total. The Morgan fingerprint density at radius 2 is 2.00 bits per heavy atom. The van der Waals surface area contributed by atoms with E-state index in [1.807, 2.05) is 6.92 Å². The highest BCUT2D eigenvalue weighted by atomic mass is 19.1. The van der Waals surface area contributed by atoms with E-state index >= 15 is 8.78 Å². The number of hydrogen-bond acceptors (Lipinski definition) is 7. The number of ketones is 2. The minimum absolute atomic E-state index is 0.0312. The number of rotatable bonds is 6. The fraction of sp³-hybridized carbons (Fsp3) is 0.613. The zero-order valence-electron chi connectivity index (χ0n) is 23.4. The van der Waals surface area contributed by atoms with Gasteiger partial charge in [0.2, 0.25) is 0 Å². The lowest BCUT2D eigenvalue weighted by Gasteiger charge is -2.66. The lowest BCUT2D eigenvalue weighted by molar-refractivity contribution is -0.248. The predicted molar refractivity (Wildman–Crippen MR) is 143 cm³/mol. The van der Waals surface area contributed by atoms with Gasteiger partial charge in [-0.05, 0) is 62.5 Å². The lowest BCUT2D eigenvalue weighted by atomic mass is 9.39. The normalized spacial score (nSPS) is 44.5. The van der Waals surface area contributed by atoms with Crippen LogP contribution in [0.5, 0.6) is 5.75 Å². The minimum atomic E-state index is -2.48. The van der Waals surface area contributed by atoms with Crippen LogP contribution in [0.25, 0.3) is 0 Å². The Kier molecular flexibility index (Phi) is 6.52. The quantitative estimate of drug-likeness (QED) is 0.479. The molecule has 0 amide bonds. The zero-order valence-corrected chi connectivity index (χ0v) is 23.4. The summed E-state index contributed by atoms with van der Waals surface area (Å²) in [4.78, 5) is 26.7. The van der Waals surface area contributed by atoms with Gasteiger partial charge in [0.15, 0.2) is 23.5 Å². The van der Waals surface area contributed by atoms with Crippen molar-refractivity contribution < 1.29 is 42.1 Å². The first-order valence-corrected chi connectivity index (χ1v) is 14.3. The molecule has 0 aromatic heterocycles. The van der Waals surface area contributed by atoms with E-state index in [-0.39, 0.29) is 29.9 Å². The van der Waals surface area contributed by atoms with Crippen LogP contribution in [0.1, 0.15) is 52.9 Å². The van der Waals surface area contributed by atoms with Crippen molar-refractivity contribution in [1.29, 1.82) is 0 Å². The Morgan fingerprint density at radius 3 is 2.71 bits per heavy atom. The van der Waals surface area contributed by atoms with Gasteiger partial charge in [0, 0.05) is 28.2 Å². The van der Waals surface area contributed by atoms with Crippen molar-refractivity contribution >= 4 is 17.3 Å². The number of hydrogen-bond donors (Lipinski definition) is 2. The Balaban J connectivity index is 1.45. The van der Waals surface area contributed by atoms with Gasteiger partial charge in [-0.2, -0.15) is 0 Å². The van der Waals surface area contributed by atoms with E-state index in [2.05, 4.69) is 0 Å². The number of alkyl halides is 2. The molecule has 6 rings (SSSR count). The van der Waals surface area contributed by atoms with Crippen molar-refractivity contribution in [2.45, 2.75) is 89.3 Å². The first kappa shape index (κ1) is 28.4. The minimum Gasteiger partial charge on any atom is -0.486 e. The summed E-state index contributed by atoms with van der Waals surface area (Å²) >= 11 is 0. The lowest BCUT2D eigenvalue weighted by Crippen LogP contribution is -2.73. The van der Waals surface area contributed by atoms with Gasteiger partial charge in [0.25, 0.3) is 0 Å². The topological polar surface area (TPSA) is 108 Å². The number of benzene rings is 1. The molecule has 222 valence electrons. The van der Waals surface area contributed by atoms with E-state index in [0.29, 0.717) is 6.42 Å². The maximum atomic E-state index is 17.9. The van der Waals surface area contributed by atoms with Crippen LogP contribution in [-0.4, -0.2) is 59.7 Å². The van der Waals surface area contributed by atoms with Crippen LogP contribution in [0.4, 0.5) is 18.9 Å². The number of fused-ring (bicyclic) bond motifs is 7. The van der Waals surface area contributed by atoms with Crippen molar-refractivity contribution in [2.24, 2.45) is 22.2 Å². The van der Waals surface area contributed by atoms with Gasteiger partial charge in [-0.15, -0.1) is 0 Å². The molecule has 5 aliphatic rings. The average Bonchev–Trinajstić information content (AvgIpc) is 3.42. The molecule has 1 aliphatic heterocycles. The number of carbonyl (C=O) groups excluding carboxylic acids is 2. The second-order valence-corrected chi connectivity index (χ2v) is 12.7. The fourth-order valence-electron chi connectivity index (χ4n) is 8.80. The van der Waals surface area contributed by atoms with E-state index < -0.39 is 89.0 Å². The number of anilines is 1. The third-order valence-electron chi connectivity index (χ3n) is 10.8. The van der Waals surface area contributed by atoms with E-state index in [1.54, 1.807) is 6.92 Å². The van der Waals surface area contributed by atoms with Gasteiger partial charge >= 0.3 is 0 Å². The molecule has 0 radical (unpaired) electrons. The molecule has 1 aromatic carbocycles. The van der Waals surface area contributed by atoms with Crippen LogP contribution in [-0.2, 0) is 19.1 Å². The predicted octanol–water partition coefficient (Wildman–Crippen LogP) is 4.56. The maximum absolute atomic E-state index is 17.9. The highest BCUT2D eigenvalue weighted by Gasteiger charge is 2.81. The van der Waals surface area contributed by atoms with Crippen LogP contribution in [0, 0.1) is 28.0 Å². The summed E-state index contributed by atoms with van der Waals surface area (Å²) in [5.74, 6) is -2.88. The smallest absolute Gasteiger partial charge is 0.178 e. The Labute approximate surface area is 236 Å². The van der Waals surface area contributed by atoms with E-state index in [0.717, 1.165) is 18.6 Å². The largest absolute Gasteiger partial charge is 0.486 e. The third-order valence-corrected chi connectivity index (χ3v) is 10.8. The number of allylic oxidation sites excluding steroid dienone is 4. The average molecular weight is 576 g/mol. The summed E-state index contributed by atoms with van der Waals surface area (Å²) in [6.07, 6.45) is -0.439. The number of nitrogens with two attached hydrogens (primary N) is 1. The van der Waals surface area contributed by atoms with Gasteiger partial charge in [0.05, 0.1) is 24.0 Å². The number of aliphatic hydroxyl groups is 1. The van der Waals surface area contributed by atoms with Gasteiger partial charge in [0.1, 0.15) is 24.3 Å². The monoisotopic (exact) mass is 575 g/mol. The second-order valence-electron chi connectivity index (χ2n) is 12.7. The number of nitrogen functional groups attached to an aromatic ring is 1. The first-order chi connectivity index (χ1) is 19.3. The number of ether oxygens (including phenoxy) is 3. The molecule has 10 atom stereocenters. The highest BCUT2D eigenvalue weighted by molar-refractivity contribution is 6.01. The number of Topliss-reactive ketones (excluding diaryl/α,β-unsaturated/α-hetero) is 1. The maximum Gasteiger partial charge on any atom is 0.178 e. The molecule has 10 unspecified atom stereocenters. The van der Waals surface area contributed by atoms with Gasteiger partial charge in [-0.1, -0.05) is 26.3 Å². The molecule has 7 nitrogen and oxygen atoms in total. The molecule has 10 heteroatoms. The van der Waals surface area contributed by atoms with Crippen molar-refractivity contribution in [3.05, 3.63) is 47.8 Å². The van der Waals surface area contributed by atoms with Gasteiger partial charge in [-0.3, -0.25) is 9.59 Å². The summed E-state index contributed by atoms with van der Waals surface area (Å²) in [5, 5.41) is 11.6. The van der Waals surface area contributed by atoms with E-state index in [9.17, 15) is 19.1 Å². The Morgan fingerprint density at radius 1 is 1.24 bits per heavy atom. The summed E-state index contributed by atoms with van der Waals surface area (Å²) in [5.41, 5.74) is -1.37. The van der Waals surface area contributed by atoms with E-state index in [1.165, 1.54) is 31.2 Å². The van der Waals surface area contributed by atoms with Crippen LogP contribution in [0.3, 0.4) is 0 Å². The summed E-state index contributed by atoms with van der Waals surface area (Å²) in [7, 11) is 0. The molecule has 1 aromatic rings. The molecular formula is C31H36F3NO6. The molecule has 41 heavy (non-hydrogen) atoms. The van der Waals surface area contributed by atoms with Crippen LogP contribution >= 0.6 is 0 Å². The third kappa shape index (κ3) is 3.69. The van der Waals surface area contributed by atoms with Gasteiger partial charge < -0.3 is 25.1 Å². The molecule has 1 heterocycles. The second kappa shape index (κ2) is 9.41. The molecule has 0 bridgehead atoms. The first-order valence-electron chi connectivity index (χ1n) is 14.3. The fourth-order valence-corrected chi connectivity index (χ4v) is 8.80. The number of halogens is 3. The Hall–Kier alpha value is -2.69.